The third-order valence-electron chi connectivity index (χ3n) is 4.67. The van der Waals surface area contributed by atoms with Gasteiger partial charge in [-0.2, -0.15) is 5.10 Å². The Balaban J connectivity index is 0.00000243. The summed E-state index contributed by atoms with van der Waals surface area (Å²) in [7, 11) is 0. The minimum Gasteiger partial charge on any atom is -0.370 e. The predicted octanol–water partition coefficient (Wildman–Crippen LogP) is 3.63. The van der Waals surface area contributed by atoms with E-state index in [1.54, 1.807) is 0 Å². The molecule has 142 valence electrons. The molecule has 1 aliphatic rings. The van der Waals surface area contributed by atoms with Gasteiger partial charge >= 0.3 is 0 Å². The highest BCUT2D eigenvalue weighted by Crippen LogP contribution is 2.17. The number of nitrogens with zero attached hydrogens (tertiary/aromatic N) is 4. The average Bonchev–Trinajstić information content (AvgIpc) is 2.79. The molecule has 2 aromatic rings. The van der Waals surface area contributed by atoms with Gasteiger partial charge in [0, 0.05) is 17.9 Å². The van der Waals surface area contributed by atoms with Gasteiger partial charge in [0.05, 0.1) is 12.2 Å². The zero-order valence-electron chi connectivity index (χ0n) is 15.6. The van der Waals surface area contributed by atoms with Crippen LogP contribution in [0.15, 0.2) is 29.4 Å². The maximum Gasteiger partial charge on any atom is 0.189 e. The molecule has 0 saturated heterocycles. The Bertz CT molecular complexity index is 714. The Labute approximate surface area is 172 Å². The van der Waals surface area contributed by atoms with E-state index in [0.717, 1.165) is 22.8 Å². The molecule has 0 atom stereocenters. The predicted molar refractivity (Wildman–Crippen MR) is 116 cm³/mol. The number of hydrogen-bond donors (Lipinski definition) is 2. The summed E-state index contributed by atoms with van der Waals surface area (Å²) in [4.78, 5) is 8.96. The van der Waals surface area contributed by atoms with Crippen LogP contribution in [0.4, 0.5) is 0 Å². The highest BCUT2D eigenvalue weighted by molar-refractivity contribution is 14.0. The molecule has 7 heteroatoms. The lowest BCUT2D eigenvalue weighted by molar-refractivity contribution is 0.530. The summed E-state index contributed by atoms with van der Waals surface area (Å²) in [5, 5.41) is 7.82. The van der Waals surface area contributed by atoms with E-state index < -0.39 is 0 Å². The van der Waals surface area contributed by atoms with Crippen molar-refractivity contribution in [1.82, 2.24) is 20.1 Å². The van der Waals surface area contributed by atoms with Gasteiger partial charge in [0.1, 0.15) is 0 Å². The third kappa shape index (κ3) is 5.69. The van der Waals surface area contributed by atoms with E-state index in [0.29, 0.717) is 18.5 Å². The fourth-order valence-electron chi connectivity index (χ4n) is 3.35. The number of guanidine groups is 1. The van der Waals surface area contributed by atoms with Crippen molar-refractivity contribution in [1.29, 1.82) is 0 Å². The maximum atomic E-state index is 6.05. The fraction of sp³-hybridized carbons (Fsp3) is 0.526. The van der Waals surface area contributed by atoms with Gasteiger partial charge in [-0.3, -0.25) is 0 Å². The van der Waals surface area contributed by atoms with Crippen molar-refractivity contribution in [2.45, 2.75) is 65.0 Å². The monoisotopic (exact) mass is 468 g/mol. The van der Waals surface area contributed by atoms with E-state index >= 15 is 0 Å². The SMILES string of the molecule is Cc1cc(C)n(-c2ccc(CN=C(N)NC3CCCCCC3)cn2)n1.I. The molecule has 6 nitrogen and oxygen atoms in total. The number of aromatic nitrogens is 3. The molecule has 0 aromatic carbocycles. The molecule has 3 N–H and O–H groups in total. The lowest BCUT2D eigenvalue weighted by Crippen LogP contribution is -2.39. The first-order chi connectivity index (χ1) is 12.1. The molecule has 0 bridgehead atoms. The summed E-state index contributed by atoms with van der Waals surface area (Å²) >= 11 is 0. The summed E-state index contributed by atoms with van der Waals surface area (Å²) in [6, 6.07) is 6.51. The molecule has 1 fully saturated rings. The molecular formula is C19H29IN6. The van der Waals surface area contributed by atoms with Gasteiger partial charge in [-0.15, -0.1) is 24.0 Å². The molecule has 0 radical (unpaired) electrons. The molecule has 0 amide bonds. The van der Waals surface area contributed by atoms with Crippen LogP contribution in [0, 0.1) is 13.8 Å². The second kappa shape index (κ2) is 9.89. The van der Waals surface area contributed by atoms with Gasteiger partial charge in [-0.25, -0.2) is 14.7 Å². The quantitative estimate of drug-likeness (QED) is 0.311. The topological polar surface area (TPSA) is 81.1 Å². The van der Waals surface area contributed by atoms with Crippen molar-refractivity contribution in [3.63, 3.8) is 0 Å². The number of pyridine rings is 1. The lowest BCUT2D eigenvalue weighted by atomic mass is 10.1. The Hall–Kier alpha value is -1.64. The standard InChI is InChI=1S/C19H28N6.HI/c1-14-11-15(2)25(24-14)18-10-9-16(12-21-18)13-22-19(20)23-17-7-5-3-4-6-8-17;/h9-12,17H,3-8,13H2,1-2H3,(H3,20,22,23);1H. The number of hydrogen-bond acceptors (Lipinski definition) is 3. The molecule has 0 spiro atoms. The van der Waals surface area contributed by atoms with Gasteiger partial charge in [-0.1, -0.05) is 31.7 Å². The van der Waals surface area contributed by atoms with Crippen LogP contribution in [0.3, 0.4) is 0 Å². The largest absolute Gasteiger partial charge is 0.370 e. The van der Waals surface area contributed by atoms with Gasteiger partial charge in [-0.05, 0) is 44.4 Å². The number of aliphatic imine (C=N–C) groups is 1. The van der Waals surface area contributed by atoms with Crippen molar-refractivity contribution < 1.29 is 0 Å². The molecule has 3 rings (SSSR count). The first kappa shape index (κ1) is 20.7. The van der Waals surface area contributed by atoms with Crippen LogP contribution in [0.1, 0.15) is 55.5 Å². The Kier molecular flexibility index (Phi) is 7.86. The molecule has 1 aliphatic carbocycles. The van der Waals surface area contributed by atoms with Crippen molar-refractivity contribution >= 4 is 29.9 Å². The zero-order chi connectivity index (χ0) is 17.6. The first-order valence-corrected chi connectivity index (χ1v) is 9.17. The maximum absolute atomic E-state index is 6.05. The Morgan fingerprint density at radius 3 is 2.54 bits per heavy atom. The smallest absolute Gasteiger partial charge is 0.189 e. The van der Waals surface area contributed by atoms with Crippen molar-refractivity contribution in [2.75, 3.05) is 0 Å². The zero-order valence-corrected chi connectivity index (χ0v) is 17.9. The average molecular weight is 468 g/mol. The summed E-state index contributed by atoms with van der Waals surface area (Å²) in [5.41, 5.74) is 9.16. The van der Waals surface area contributed by atoms with Gasteiger partial charge in [0.25, 0.3) is 0 Å². The second-order valence-electron chi connectivity index (χ2n) is 6.90. The highest BCUT2D eigenvalue weighted by atomic mass is 127. The normalized spacial score (nSPS) is 16.0. The summed E-state index contributed by atoms with van der Waals surface area (Å²) in [6.07, 6.45) is 9.45. The minimum absolute atomic E-state index is 0. The van der Waals surface area contributed by atoms with Crippen LogP contribution in [-0.2, 0) is 6.54 Å². The number of aryl methyl sites for hydroxylation is 2. The minimum atomic E-state index is 0. The number of nitrogens with two attached hydrogens (primary N) is 1. The first-order valence-electron chi connectivity index (χ1n) is 9.17. The van der Waals surface area contributed by atoms with Gasteiger partial charge in [0.15, 0.2) is 11.8 Å². The van der Waals surface area contributed by atoms with Crippen LogP contribution < -0.4 is 11.1 Å². The Morgan fingerprint density at radius 1 is 1.23 bits per heavy atom. The van der Waals surface area contributed by atoms with Crippen molar-refractivity contribution in [2.24, 2.45) is 10.7 Å². The molecule has 2 heterocycles. The van der Waals surface area contributed by atoms with Crippen LogP contribution in [-0.4, -0.2) is 26.8 Å². The van der Waals surface area contributed by atoms with E-state index in [1.807, 2.05) is 42.9 Å². The highest BCUT2D eigenvalue weighted by Gasteiger charge is 2.12. The van der Waals surface area contributed by atoms with E-state index in [9.17, 15) is 0 Å². The van der Waals surface area contributed by atoms with Gasteiger partial charge < -0.3 is 11.1 Å². The summed E-state index contributed by atoms with van der Waals surface area (Å²) < 4.78 is 1.85. The van der Waals surface area contributed by atoms with Crippen LogP contribution in [0.2, 0.25) is 0 Å². The van der Waals surface area contributed by atoms with Crippen LogP contribution >= 0.6 is 24.0 Å². The van der Waals surface area contributed by atoms with E-state index in [4.69, 9.17) is 5.73 Å². The molecule has 0 aliphatic heterocycles. The van der Waals surface area contributed by atoms with Crippen LogP contribution in [0.5, 0.6) is 0 Å². The van der Waals surface area contributed by atoms with Crippen molar-refractivity contribution in [3.8, 4) is 5.82 Å². The van der Waals surface area contributed by atoms with E-state index in [1.165, 1.54) is 38.5 Å². The van der Waals surface area contributed by atoms with E-state index in [2.05, 4.69) is 20.4 Å². The molecule has 1 saturated carbocycles. The summed E-state index contributed by atoms with van der Waals surface area (Å²) in [5.74, 6) is 1.36. The number of nitrogens with one attached hydrogen (secondary N) is 1. The summed E-state index contributed by atoms with van der Waals surface area (Å²) in [6.45, 7) is 4.55. The van der Waals surface area contributed by atoms with E-state index in [-0.39, 0.29) is 24.0 Å². The van der Waals surface area contributed by atoms with Gasteiger partial charge in [0.2, 0.25) is 0 Å². The van der Waals surface area contributed by atoms with Crippen molar-refractivity contribution in [3.05, 3.63) is 41.3 Å². The molecule has 0 unspecified atom stereocenters. The fourth-order valence-corrected chi connectivity index (χ4v) is 3.35. The molecular weight excluding hydrogens is 439 g/mol. The second-order valence-corrected chi connectivity index (χ2v) is 6.90. The Morgan fingerprint density at radius 2 is 1.96 bits per heavy atom. The third-order valence-corrected chi connectivity index (χ3v) is 4.67. The van der Waals surface area contributed by atoms with Crippen LogP contribution in [0.25, 0.3) is 5.82 Å². The lowest BCUT2D eigenvalue weighted by Gasteiger charge is -2.16. The number of halogens is 1. The molecule has 2 aromatic heterocycles. The molecule has 26 heavy (non-hydrogen) atoms. The number of rotatable bonds is 4.